The number of hydrogen-bond donors (Lipinski definition) is 2. The number of rotatable bonds is 4. The third kappa shape index (κ3) is 3.40. The number of likely N-dealkylation sites (tertiary alicyclic amines) is 1. The van der Waals surface area contributed by atoms with Crippen LogP contribution in [0, 0.1) is 5.92 Å². The van der Waals surface area contributed by atoms with Gasteiger partial charge in [-0.3, -0.25) is 9.69 Å². The molecule has 1 saturated heterocycles. The molecule has 1 aromatic carbocycles. The molecule has 1 aliphatic carbocycles. The van der Waals surface area contributed by atoms with Gasteiger partial charge in [0, 0.05) is 22.7 Å². The average molecular weight is 339 g/mol. The van der Waals surface area contributed by atoms with Crippen molar-refractivity contribution in [2.45, 2.75) is 31.4 Å². The van der Waals surface area contributed by atoms with Crippen LogP contribution in [0.2, 0.25) is 0 Å². The van der Waals surface area contributed by atoms with Gasteiger partial charge in [-0.2, -0.15) is 0 Å². The number of nitrogens with zero attached hydrogens (tertiary/aromatic N) is 1. The number of aliphatic hydroxyl groups excluding tert-OH is 1. The fourth-order valence-corrected chi connectivity index (χ4v) is 3.24. The van der Waals surface area contributed by atoms with Crippen molar-refractivity contribution in [3.63, 3.8) is 0 Å². The molecule has 20 heavy (non-hydrogen) atoms. The van der Waals surface area contributed by atoms with E-state index in [0.717, 1.165) is 16.6 Å². The lowest BCUT2D eigenvalue weighted by molar-refractivity contribution is -0.117. The standard InChI is InChI=1S/C15H19BrN2O2/c16-11-3-5-12(6-4-11)17-15(20)9-18-8-13(19)7-14(18)10-1-2-10/h3-6,10,13-14,19H,1-2,7-9H2,(H,17,20). The van der Waals surface area contributed by atoms with Crippen LogP contribution in [-0.4, -0.2) is 41.1 Å². The van der Waals surface area contributed by atoms with Crippen molar-refractivity contribution >= 4 is 27.5 Å². The molecule has 1 saturated carbocycles. The Balaban J connectivity index is 1.56. The predicted octanol–water partition coefficient (Wildman–Crippen LogP) is 2.23. The molecule has 2 unspecified atom stereocenters. The Hall–Kier alpha value is -0.910. The Morgan fingerprint density at radius 3 is 2.70 bits per heavy atom. The number of anilines is 1. The SMILES string of the molecule is O=C(CN1CC(O)CC1C1CC1)Nc1ccc(Br)cc1. The van der Waals surface area contributed by atoms with Crippen LogP contribution < -0.4 is 5.32 Å². The first-order valence-electron chi connectivity index (χ1n) is 7.09. The topological polar surface area (TPSA) is 52.6 Å². The van der Waals surface area contributed by atoms with Gasteiger partial charge in [-0.1, -0.05) is 15.9 Å². The van der Waals surface area contributed by atoms with Gasteiger partial charge in [0.15, 0.2) is 0 Å². The van der Waals surface area contributed by atoms with E-state index in [1.165, 1.54) is 12.8 Å². The molecule has 1 heterocycles. The first kappa shape index (κ1) is 14.0. The number of benzene rings is 1. The monoisotopic (exact) mass is 338 g/mol. The number of aliphatic hydroxyl groups is 1. The molecular formula is C15H19BrN2O2. The molecule has 3 rings (SSSR count). The van der Waals surface area contributed by atoms with Gasteiger partial charge in [0.05, 0.1) is 12.6 Å². The lowest BCUT2D eigenvalue weighted by atomic mass is 10.1. The fraction of sp³-hybridized carbons (Fsp3) is 0.533. The second-order valence-electron chi connectivity index (χ2n) is 5.78. The van der Waals surface area contributed by atoms with E-state index in [2.05, 4.69) is 26.1 Å². The summed E-state index contributed by atoms with van der Waals surface area (Å²) in [5.74, 6) is 0.680. The van der Waals surface area contributed by atoms with Gasteiger partial charge in [-0.05, 0) is 49.4 Å². The lowest BCUT2D eigenvalue weighted by Crippen LogP contribution is -2.38. The summed E-state index contributed by atoms with van der Waals surface area (Å²) in [4.78, 5) is 14.2. The lowest BCUT2D eigenvalue weighted by Gasteiger charge is -2.23. The van der Waals surface area contributed by atoms with Gasteiger partial charge in [-0.25, -0.2) is 0 Å². The fourth-order valence-electron chi connectivity index (χ4n) is 2.98. The zero-order chi connectivity index (χ0) is 14.1. The van der Waals surface area contributed by atoms with E-state index in [1.807, 2.05) is 24.3 Å². The number of nitrogens with one attached hydrogen (secondary N) is 1. The van der Waals surface area contributed by atoms with E-state index < -0.39 is 0 Å². The van der Waals surface area contributed by atoms with Gasteiger partial charge < -0.3 is 10.4 Å². The first-order valence-corrected chi connectivity index (χ1v) is 7.88. The van der Waals surface area contributed by atoms with Crippen LogP contribution in [0.1, 0.15) is 19.3 Å². The normalized spacial score (nSPS) is 26.7. The molecule has 108 valence electrons. The maximum Gasteiger partial charge on any atom is 0.238 e. The highest BCUT2D eigenvalue weighted by Crippen LogP contribution is 2.40. The summed E-state index contributed by atoms with van der Waals surface area (Å²) in [6.45, 7) is 0.989. The second kappa shape index (κ2) is 5.84. The quantitative estimate of drug-likeness (QED) is 0.885. The molecule has 2 N–H and O–H groups in total. The first-order chi connectivity index (χ1) is 9.61. The highest BCUT2D eigenvalue weighted by Gasteiger charge is 2.41. The van der Waals surface area contributed by atoms with Gasteiger partial charge in [-0.15, -0.1) is 0 Å². The molecular weight excluding hydrogens is 320 g/mol. The second-order valence-corrected chi connectivity index (χ2v) is 6.69. The highest BCUT2D eigenvalue weighted by molar-refractivity contribution is 9.10. The summed E-state index contributed by atoms with van der Waals surface area (Å²) in [6, 6.07) is 7.95. The number of carbonyl (C=O) groups excluding carboxylic acids is 1. The van der Waals surface area contributed by atoms with Crippen molar-refractivity contribution < 1.29 is 9.90 Å². The Kier molecular flexibility index (Phi) is 4.10. The van der Waals surface area contributed by atoms with Crippen molar-refractivity contribution in [3.8, 4) is 0 Å². The van der Waals surface area contributed by atoms with Gasteiger partial charge in [0.2, 0.25) is 5.91 Å². The van der Waals surface area contributed by atoms with E-state index in [9.17, 15) is 9.90 Å². The number of hydrogen-bond acceptors (Lipinski definition) is 3. The molecule has 4 nitrogen and oxygen atoms in total. The Labute approximate surface area is 127 Å². The third-order valence-corrected chi connectivity index (χ3v) is 4.60. The largest absolute Gasteiger partial charge is 0.392 e. The van der Waals surface area contributed by atoms with Crippen LogP contribution in [0.3, 0.4) is 0 Å². The van der Waals surface area contributed by atoms with Crippen molar-refractivity contribution in [1.29, 1.82) is 0 Å². The van der Waals surface area contributed by atoms with E-state index in [-0.39, 0.29) is 12.0 Å². The zero-order valence-corrected chi connectivity index (χ0v) is 12.8. The van der Waals surface area contributed by atoms with Gasteiger partial charge >= 0.3 is 0 Å². The van der Waals surface area contributed by atoms with Crippen molar-refractivity contribution in [1.82, 2.24) is 4.90 Å². The molecule has 1 aliphatic heterocycles. The summed E-state index contributed by atoms with van der Waals surface area (Å²) < 4.78 is 0.993. The highest BCUT2D eigenvalue weighted by atomic mass is 79.9. The number of β-amino-alcohol motifs (C(OH)–C–C–N with tert-alkyl or cyclic N) is 1. The number of amides is 1. The minimum absolute atomic E-state index is 0.00734. The number of halogens is 1. The summed E-state index contributed by atoms with van der Waals surface area (Å²) in [7, 11) is 0. The van der Waals surface area contributed by atoms with E-state index in [4.69, 9.17) is 0 Å². The minimum atomic E-state index is -0.277. The Morgan fingerprint density at radius 2 is 2.05 bits per heavy atom. The van der Waals surface area contributed by atoms with Gasteiger partial charge in [0.1, 0.15) is 0 Å². The molecule has 2 fully saturated rings. The van der Waals surface area contributed by atoms with Crippen LogP contribution in [0.4, 0.5) is 5.69 Å². The van der Waals surface area contributed by atoms with Crippen LogP contribution in [0.15, 0.2) is 28.7 Å². The van der Waals surface area contributed by atoms with Crippen LogP contribution >= 0.6 is 15.9 Å². The molecule has 0 aromatic heterocycles. The smallest absolute Gasteiger partial charge is 0.238 e. The molecule has 0 radical (unpaired) electrons. The average Bonchev–Trinajstić information content (AvgIpc) is 3.17. The molecule has 0 spiro atoms. The molecule has 1 amide bonds. The Bertz CT molecular complexity index is 487. The van der Waals surface area contributed by atoms with Crippen molar-refractivity contribution in [2.75, 3.05) is 18.4 Å². The van der Waals surface area contributed by atoms with Crippen LogP contribution in [-0.2, 0) is 4.79 Å². The molecule has 0 bridgehead atoms. The summed E-state index contributed by atoms with van der Waals surface area (Å²) in [5, 5.41) is 12.7. The zero-order valence-electron chi connectivity index (χ0n) is 11.3. The van der Waals surface area contributed by atoms with E-state index in [1.54, 1.807) is 0 Å². The summed E-state index contributed by atoms with van der Waals surface area (Å²) >= 11 is 3.37. The molecule has 5 heteroatoms. The van der Waals surface area contributed by atoms with Crippen molar-refractivity contribution in [3.05, 3.63) is 28.7 Å². The Morgan fingerprint density at radius 1 is 1.35 bits per heavy atom. The maximum absolute atomic E-state index is 12.1. The minimum Gasteiger partial charge on any atom is -0.392 e. The molecule has 2 atom stereocenters. The maximum atomic E-state index is 12.1. The summed E-state index contributed by atoms with van der Waals surface area (Å²) in [5.41, 5.74) is 0.806. The van der Waals surface area contributed by atoms with E-state index in [0.29, 0.717) is 25.0 Å². The van der Waals surface area contributed by atoms with Crippen LogP contribution in [0.25, 0.3) is 0 Å². The third-order valence-electron chi connectivity index (χ3n) is 4.07. The van der Waals surface area contributed by atoms with Crippen molar-refractivity contribution in [2.24, 2.45) is 5.92 Å². The molecule has 2 aliphatic rings. The van der Waals surface area contributed by atoms with Crippen LogP contribution in [0.5, 0.6) is 0 Å². The molecule has 1 aromatic rings. The number of carbonyl (C=O) groups is 1. The summed E-state index contributed by atoms with van der Waals surface area (Å²) in [6.07, 6.45) is 3.02. The predicted molar refractivity (Wildman–Crippen MR) is 81.5 cm³/mol. The van der Waals surface area contributed by atoms with Gasteiger partial charge in [0.25, 0.3) is 0 Å². The van der Waals surface area contributed by atoms with E-state index >= 15 is 0 Å².